The Hall–Kier alpha value is -2.40. The Balaban J connectivity index is 1.91. The number of nitrogens with zero attached hydrogens (tertiary/aromatic N) is 1. The van der Waals surface area contributed by atoms with Crippen LogP contribution in [0.15, 0.2) is 46.9 Å². The molecule has 1 atom stereocenters. The van der Waals surface area contributed by atoms with Crippen molar-refractivity contribution in [3.8, 4) is 5.75 Å². The molecule has 0 aliphatic carbocycles. The van der Waals surface area contributed by atoms with E-state index in [1.165, 1.54) is 19.2 Å². The van der Waals surface area contributed by atoms with Crippen LogP contribution in [0.2, 0.25) is 0 Å². The number of fused-ring (bicyclic) bond motifs is 1. The highest BCUT2D eigenvalue weighted by Gasteiger charge is 2.20. The summed E-state index contributed by atoms with van der Waals surface area (Å²) in [4.78, 5) is 4.27. The Kier molecular flexibility index (Phi) is 3.58. The van der Waals surface area contributed by atoms with Gasteiger partial charge in [0.05, 0.1) is 25.2 Å². The molecule has 0 saturated carbocycles. The van der Waals surface area contributed by atoms with Crippen LogP contribution >= 0.6 is 0 Å². The Bertz CT molecular complexity index is 736. The fraction of sp³-hybridized carbons (Fsp3) is 0.188. The third kappa shape index (κ3) is 2.60. The summed E-state index contributed by atoms with van der Waals surface area (Å²) in [5, 5.41) is 10.3. The van der Waals surface area contributed by atoms with Gasteiger partial charge in [0.1, 0.15) is 17.1 Å². The van der Waals surface area contributed by atoms with Crippen molar-refractivity contribution in [1.29, 1.82) is 0 Å². The highest BCUT2D eigenvalue weighted by atomic mass is 19.1. The van der Waals surface area contributed by atoms with Gasteiger partial charge in [-0.3, -0.25) is 0 Å². The predicted molar refractivity (Wildman–Crippen MR) is 75.6 cm³/mol. The van der Waals surface area contributed by atoms with Crippen LogP contribution in [0.3, 0.4) is 0 Å². The Morgan fingerprint density at radius 3 is 2.81 bits per heavy atom. The Morgan fingerprint density at radius 2 is 2.05 bits per heavy atom. The summed E-state index contributed by atoms with van der Waals surface area (Å²) in [7, 11) is 1.43. The smallest absolute Gasteiger partial charge is 0.198 e. The largest absolute Gasteiger partial charge is 0.496 e. The molecule has 4 nitrogen and oxygen atoms in total. The van der Waals surface area contributed by atoms with Crippen LogP contribution in [0, 0.1) is 5.82 Å². The zero-order chi connectivity index (χ0) is 14.8. The van der Waals surface area contributed by atoms with E-state index in [1.54, 1.807) is 12.1 Å². The van der Waals surface area contributed by atoms with Crippen molar-refractivity contribution in [1.82, 2.24) is 4.98 Å². The molecule has 1 heterocycles. The van der Waals surface area contributed by atoms with Gasteiger partial charge in [-0.15, -0.1) is 0 Å². The second kappa shape index (κ2) is 5.54. The molecule has 1 N–H and O–H groups in total. The van der Waals surface area contributed by atoms with Gasteiger partial charge in [0, 0.05) is 0 Å². The van der Waals surface area contributed by atoms with E-state index in [-0.39, 0.29) is 12.0 Å². The van der Waals surface area contributed by atoms with Crippen LogP contribution in [-0.4, -0.2) is 17.2 Å². The third-order valence-corrected chi connectivity index (χ3v) is 3.27. The van der Waals surface area contributed by atoms with Crippen molar-refractivity contribution in [3.63, 3.8) is 0 Å². The SMILES string of the molecule is COc1cccc(F)c1C(O)Cc1nc2ccccc2o1. The van der Waals surface area contributed by atoms with E-state index < -0.39 is 11.9 Å². The monoisotopic (exact) mass is 287 g/mol. The zero-order valence-corrected chi connectivity index (χ0v) is 11.4. The number of methoxy groups -OCH3 is 1. The lowest BCUT2D eigenvalue weighted by Crippen LogP contribution is -2.07. The van der Waals surface area contributed by atoms with E-state index in [4.69, 9.17) is 9.15 Å². The van der Waals surface area contributed by atoms with E-state index in [2.05, 4.69) is 4.98 Å². The second-order valence-electron chi connectivity index (χ2n) is 4.65. The van der Waals surface area contributed by atoms with Crippen LogP contribution in [-0.2, 0) is 6.42 Å². The lowest BCUT2D eigenvalue weighted by Gasteiger charge is -2.14. The van der Waals surface area contributed by atoms with E-state index in [1.807, 2.05) is 18.2 Å². The number of rotatable bonds is 4. The average Bonchev–Trinajstić information content (AvgIpc) is 2.88. The van der Waals surface area contributed by atoms with Crippen LogP contribution in [0.4, 0.5) is 4.39 Å². The molecule has 21 heavy (non-hydrogen) atoms. The highest BCUT2D eigenvalue weighted by Crippen LogP contribution is 2.30. The molecule has 0 amide bonds. The van der Waals surface area contributed by atoms with Gasteiger partial charge in [-0.25, -0.2) is 9.37 Å². The van der Waals surface area contributed by atoms with Gasteiger partial charge in [-0.2, -0.15) is 0 Å². The van der Waals surface area contributed by atoms with Crippen molar-refractivity contribution in [2.24, 2.45) is 0 Å². The van der Waals surface area contributed by atoms with Crippen LogP contribution in [0.25, 0.3) is 11.1 Å². The number of oxazole rings is 1. The number of hydrogen-bond acceptors (Lipinski definition) is 4. The third-order valence-electron chi connectivity index (χ3n) is 3.27. The predicted octanol–water partition coefficient (Wildman–Crippen LogP) is 3.25. The topological polar surface area (TPSA) is 55.5 Å². The Morgan fingerprint density at radius 1 is 1.24 bits per heavy atom. The van der Waals surface area contributed by atoms with Crippen LogP contribution < -0.4 is 4.74 Å². The maximum Gasteiger partial charge on any atom is 0.198 e. The van der Waals surface area contributed by atoms with E-state index in [9.17, 15) is 9.50 Å². The van der Waals surface area contributed by atoms with Gasteiger partial charge in [0.2, 0.25) is 0 Å². The van der Waals surface area contributed by atoms with Crippen LogP contribution in [0.1, 0.15) is 17.6 Å². The molecule has 1 aromatic heterocycles. The van der Waals surface area contributed by atoms with Gasteiger partial charge in [-0.1, -0.05) is 18.2 Å². The molecule has 3 aromatic rings. The van der Waals surface area contributed by atoms with Gasteiger partial charge in [-0.05, 0) is 24.3 Å². The first-order valence-electron chi connectivity index (χ1n) is 6.54. The highest BCUT2D eigenvalue weighted by molar-refractivity contribution is 5.72. The van der Waals surface area contributed by atoms with Gasteiger partial charge < -0.3 is 14.3 Å². The number of halogens is 1. The number of aliphatic hydroxyl groups excluding tert-OH is 1. The quantitative estimate of drug-likeness (QED) is 0.800. The van der Waals surface area contributed by atoms with Crippen molar-refractivity contribution in [3.05, 3.63) is 59.7 Å². The molecule has 5 heteroatoms. The average molecular weight is 287 g/mol. The molecule has 0 aliphatic heterocycles. The molecule has 0 bridgehead atoms. The number of aromatic nitrogens is 1. The van der Waals surface area contributed by atoms with Crippen molar-refractivity contribution >= 4 is 11.1 Å². The summed E-state index contributed by atoms with van der Waals surface area (Å²) >= 11 is 0. The summed E-state index contributed by atoms with van der Waals surface area (Å²) < 4.78 is 24.5. The van der Waals surface area contributed by atoms with Gasteiger partial charge >= 0.3 is 0 Å². The van der Waals surface area contributed by atoms with Crippen LogP contribution in [0.5, 0.6) is 5.75 Å². The first kappa shape index (κ1) is 13.6. The molecule has 108 valence electrons. The molecule has 3 rings (SSSR count). The second-order valence-corrected chi connectivity index (χ2v) is 4.65. The standard InChI is InChI=1S/C16H14FNO3/c1-20-14-8-4-5-10(17)16(14)12(19)9-15-18-11-6-2-3-7-13(11)21-15/h2-8,12,19H,9H2,1H3. The molecular formula is C16H14FNO3. The van der Waals surface area contributed by atoms with E-state index >= 15 is 0 Å². The summed E-state index contributed by atoms with van der Waals surface area (Å²) in [5.74, 6) is 0.144. The normalized spacial score (nSPS) is 12.5. The minimum atomic E-state index is -1.09. The molecule has 0 radical (unpaired) electrons. The fourth-order valence-corrected chi connectivity index (χ4v) is 2.29. The summed E-state index contributed by atoms with van der Waals surface area (Å²) in [6.45, 7) is 0. The first-order chi connectivity index (χ1) is 10.2. The molecule has 0 aliphatic rings. The lowest BCUT2D eigenvalue weighted by molar-refractivity contribution is 0.160. The number of ether oxygens (including phenoxy) is 1. The van der Waals surface area contributed by atoms with Crippen molar-refractivity contribution in [2.45, 2.75) is 12.5 Å². The molecule has 0 saturated heterocycles. The Labute approximate surface area is 120 Å². The summed E-state index contributed by atoms with van der Waals surface area (Å²) in [6, 6.07) is 11.7. The maximum atomic E-state index is 13.9. The lowest BCUT2D eigenvalue weighted by atomic mass is 10.0. The van der Waals surface area contributed by atoms with Crippen molar-refractivity contribution < 1.29 is 18.7 Å². The number of hydrogen-bond donors (Lipinski definition) is 1. The molecule has 0 fully saturated rings. The van der Waals surface area contributed by atoms with Gasteiger partial charge in [0.15, 0.2) is 11.5 Å². The number of benzene rings is 2. The molecular weight excluding hydrogens is 273 g/mol. The molecule has 2 aromatic carbocycles. The van der Waals surface area contributed by atoms with E-state index in [0.29, 0.717) is 22.7 Å². The minimum Gasteiger partial charge on any atom is -0.496 e. The number of para-hydroxylation sites is 2. The zero-order valence-electron chi connectivity index (χ0n) is 11.4. The molecule has 1 unspecified atom stereocenters. The van der Waals surface area contributed by atoms with Gasteiger partial charge in [0.25, 0.3) is 0 Å². The maximum absolute atomic E-state index is 13.9. The first-order valence-corrected chi connectivity index (χ1v) is 6.54. The summed E-state index contributed by atoms with van der Waals surface area (Å²) in [6.07, 6.45) is -1.01. The van der Waals surface area contributed by atoms with Crippen molar-refractivity contribution in [2.75, 3.05) is 7.11 Å². The summed E-state index contributed by atoms with van der Waals surface area (Å²) in [5.41, 5.74) is 1.46. The molecule has 0 spiro atoms. The number of aliphatic hydroxyl groups is 1. The van der Waals surface area contributed by atoms with E-state index in [0.717, 1.165) is 0 Å². The fourth-order valence-electron chi connectivity index (χ4n) is 2.29. The minimum absolute atomic E-state index is 0.0754.